The highest BCUT2D eigenvalue weighted by Crippen LogP contribution is 2.45. The first kappa shape index (κ1) is 30.8. The number of hydrogen-bond donors (Lipinski definition) is 3. The average molecular weight is 798 g/mol. The van der Waals surface area contributed by atoms with E-state index in [9.17, 15) is 22.9 Å². The molecule has 3 N–H and O–H groups in total. The van der Waals surface area contributed by atoms with Crippen LogP contribution in [0, 0.1) is 0 Å². The van der Waals surface area contributed by atoms with E-state index < -0.39 is 22.0 Å². The second-order valence-corrected chi connectivity index (χ2v) is 13.2. The van der Waals surface area contributed by atoms with Crippen LogP contribution in [0.25, 0.3) is 0 Å². The Morgan fingerprint density at radius 2 is 1.97 bits per heavy atom. The molecular weight excluding hydrogens is 774 g/mol. The highest BCUT2D eigenvalue weighted by molar-refractivity contribution is 9.12. The molecule has 1 unspecified atom stereocenters. The topological polar surface area (TPSA) is 159 Å². The first-order valence-corrected chi connectivity index (χ1v) is 15.7. The zero-order chi connectivity index (χ0) is 27.4. The Morgan fingerprint density at radius 3 is 2.59 bits per heavy atom. The molecule has 0 saturated carbocycles. The molecule has 1 amide bonds. The number of benzene rings is 1. The number of allylic oxidation sites excluding steroid dienone is 1. The van der Waals surface area contributed by atoms with Gasteiger partial charge in [-0.2, -0.15) is 0 Å². The Kier molecular flexibility index (Phi) is 10.9. The summed E-state index contributed by atoms with van der Waals surface area (Å²) in [7, 11) is -2.97. The Balaban J connectivity index is 1.44. The molecule has 0 saturated heterocycles. The summed E-state index contributed by atoms with van der Waals surface area (Å²) in [6.07, 6.45) is 0.325. The quantitative estimate of drug-likeness (QED) is 0.175. The largest absolute Gasteiger partial charge is 0.735 e. The van der Waals surface area contributed by atoms with Gasteiger partial charge in [0.15, 0.2) is 15.9 Å². The van der Waals surface area contributed by atoms with Gasteiger partial charge in [0.05, 0.1) is 32.0 Å². The van der Waals surface area contributed by atoms with Crippen LogP contribution in [-0.4, -0.2) is 73.0 Å². The molecule has 2 aliphatic rings. The third-order valence-corrected chi connectivity index (χ3v) is 8.97. The van der Waals surface area contributed by atoms with Crippen molar-refractivity contribution in [3.8, 4) is 5.75 Å². The molecule has 0 fully saturated rings. The van der Waals surface area contributed by atoms with Crippen molar-refractivity contribution in [1.29, 1.82) is 0 Å². The molecule has 1 spiro atoms. The number of oxime groups is 1. The summed E-state index contributed by atoms with van der Waals surface area (Å²) in [5, 5.41) is 17.5. The fourth-order valence-corrected chi connectivity index (χ4v) is 7.89. The van der Waals surface area contributed by atoms with E-state index in [1.165, 1.54) is 7.11 Å². The van der Waals surface area contributed by atoms with Gasteiger partial charge in [-0.05, 0) is 78.3 Å². The molecule has 11 nitrogen and oxygen atoms in total. The standard InChI is InChI=1S/C21H25Br4N3O8S/c1-34-18-14(24)9-21(19(29)16(18)25)10-15(28-36-21)20(30)26-4-2-6-35-17-12(22)7-11(8-13(17)23)3-5-27-37(31,32)33/h7-8,14,19,27,29H,2-6,9-10H2,1H3,(H,26,30)(H,31,32,33)/p-1/t14?,19-,21+/m0/s1. The molecule has 3 rings (SSSR count). The van der Waals surface area contributed by atoms with Gasteiger partial charge in [-0.25, -0.2) is 13.1 Å². The van der Waals surface area contributed by atoms with Crippen LogP contribution in [0.5, 0.6) is 5.75 Å². The number of amides is 1. The van der Waals surface area contributed by atoms with Crippen LogP contribution >= 0.6 is 63.7 Å². The van der Waals surface area contributed by atoms with Crippen LogP contribution in [0.1, 0.15) is 24.8 Å². The van der Waals surface area contributed by atoms with Crippen molar-refractivity contribution < 1.29 is 37.2 Å². The van der Waals surface area contributed by atoms with Crippen molar-refractivity contribution >= 4 is 85.6 Å². The second kappa shape index (κ2) is 13.1. The Morgan fingerprint density at radius 1 is 1.30 bits per heavy atom. The number of rotatable bonds is 11. The van der Waals surface area contributed by atoms with Gasteiger partial charge in [0.1, 0.15) is 23.3 Å². The monoisotopic (exact) mass is 794 g/mol. The fraction of sp³-hybridized carbons (Fsp3) is 0.524. The molecule has 37 heavy (non-hydrogen) atoms. The van der Waals surface area contributed by atoms with E-state index in [-0.39, 0.29) is 29.4 Å². The maximum atomic E-state index is 12.6. The molecule has 206 valence electrons. The maximum absolute atomic E-state index is 12.6. The maximum Gasteiger partial charge on any atom is 0.269 e. The summed E-state index contributed by atoms with van der Waals surface area (Å²) in [5.41, 5.74) is -0.0715. The van der Waals surface area contributed by atoms with Gasteiger partial charge in [-0.3, -0.25) is 4.79 Å². The van der Waals surface area contributed by atoms with Gasteiger partial charge >= 0.3 is 0 Å². The molecule has 16 heteroatoms. The van der Waals surface area contributed by atoms with Crippen molar-refractivity contribution in [3.05, 3.63) is 36.9 Å². The third kappa shape index (κ3) is 7.90. The Labute approximate surface area is 248 Å². The lowest BCUT2D eigenvalue weighted by atomic mass is 9.82. The summed E-state index contributed by atoms with van der Waals surface area (Å²) < 4.78 is 46.8. The molecular formula is C21H24Br4N3O8S-. The van der Waals surface area contributed by atoms with E-state index in [0.29, 0.717) is 57.4 Å². The molecule has 0 bridgehead atoms. The van der Waals surface area contributed by atoms with Gasteiger partial charge in [0.25, 0.3) is 5.91 Å². The number of halogens is 4. The van der Waals surface area contributed by atoms with E-state index in [0.717, 1.165) is 5.56 Å². The van der Waals surface area contributed by atoms with Crippen LogP contribution in [0.15, 0.2) is 36.5 Å². The molecule has 1 aliphatic carbocycles. The fourth-order valence-electron chi connectivity index (χ4n) is 3.89. The zero-order valence-corrected chi connectivity index (χ0v) is 26.6. The molecule has 0 aromatic heterocycles. The summed E-state index contributed by atoms with van der Waals surface area (Å²) in [6, 6.07) is 3.55. The number of alkyl halides is 1. The van der Waals surface area contributed by atoms with Crippen LogP contribution in [-0.2, 0) is 31.1 Å². The normalized spacial score (nSPS) is 23.6. The summed E-state index contributed by atoms with van der Waals surface area (Å²) in [5.74, 6) is 0.743. The Hall–Kier alpha value is -0.750. The van der Waals surface area contributed by atoms with E-state index in [4.69, 9.17) is 14.3 Å². The lowest BCUT2D eigenvalue weighted by molar-refractivity contribution is -0.114. The second-order valence-electron chi connectivity index (χ2n) is 8.31. The summed E-state index contributed by atoms with van der Waals surface area (Å²) >= 11 is 13.7. The lowest BCUT2D eigenvalue weighted by Gasteiger charge is -2.38. The highest BCUT2D eigenvalue weighted by atomic mass is 79.9. The summed E-state index contributed by atoms with van der Waals surface area (Å²) in [6.45, 7) is 0.621. The number of nitrogens with zero attached hydrogens (tertiary/aromatic N) is 1. The molecule has 1 aromatic rings. The van der Waals surface area contributed by atoms with Crippen LogP contribution in [0.4, 0.5) is 0 Å². The van der Waals surface area contributed by atoms with Gasteiger partial charge in [0, 0.05) is 25.9 Å². The minimum absolute atomic E-state index is 0.0140. The van der Waals surface area contributed by atoms with E-state index >= 15 is 0 Å². The third-order valence-electron chi connectivity index (χ3n) is 5.67. The van der Waals surface area contributed by atoms with Crippen molar-refractivity contribution in [1.82, 2.24) is 10.0 Å². The van der Waals surface area contributed by atoms with Crippen molar-refractivity contribution in [2.45, 2.75) is 42.2 Å². The van der Waals surface area contributed by atoms with E-state index in [1.54, 1.807) is 12.1 Å². The number of carbonyl (C=O) groups excluding carboxylic acids is 1. The molecule has 3 atom stereocenters. The molecule has 1 aromatic carbocycles. The van der Waals surface area contributed by atoms with Gasteiger partial charge in [-0.1, -0.05) is 21.1 Å². The van der Waals surface area contributed by atoms with Crippen molar-refractivity contribution in [2.24, 2.45) is 5.16 Å². The minimum Gasteiger partial charge on any atom is -0.735 e. The van der Waals surface area contributed by atoms with Crippen molar-refractivity contribution in [3.63, 3.8) is 0 Å². The predicted molar refractivity (Wildman–Crippen MR) is 149 cm³/mol. The molecule has 1 heterocycles. The number of ether oxygens (including phenoxy) is 2. The van der Waals surface area contributed by atoms with E-state index in [1.807, 2.05) is 4.72 Å². The van der Waals surface area contributed by atoms with Crippen molar-refractivity contribution in [2.75, 3.05) is 26.8 Å². The Bertz CT molecular complexity index is 1170. The number of methoxy groups -OCH3 is 1. The lowest BCUT2D eigenvalue weighted by Crippen LogP contribution is -2.49. The minimum atomic E-state index is -4.48. The van der Waals surface area contributed by atoms with Gasteiger partial charge < -0.3 is 29.3 Å². The van der Waals surface area contributed by atoms with Gasteiger partial charge in [-0.15, -0.1) is 0 Å². The average Bonchev–Trinajstić information content (AvgIpc) is 3.23. The summed E-state index contributed by atoms with van der Waals surface area (Å²) in [4.78, 5) is 18.0. The van der Waals surface area contributed by atoms with Crippen LogP contribution in [0.3, 0.4) is 0 Å². The first-order valence-electron chi connectivity index (χ1n) is 11.0. The number of hydrogen-bond acceptors (Lipinski definition) is 9. The molecule has 1 aliphatic heterocycles. The van der Waals surface area contributed by atoms with Gasteiger partial charge in [0.2, 0.25) is 0 Å². The SMILES string of the molecule is COC1=C(Br)[C@H](O)[C@]2(CC(C(=O)NCCCOc3c(Br)cc(CCNS(=O)(=O)[O-])cc3Br)=NO2)CC1Br. The number of nitrogens with one attached hydrogen (secondary N) is 2. The highest BCUT2D eigenvalue weighted by Gasteiger charge is 2.53. The first-order chi connectivity index (χ1) is 17.4. The number of carbonyl (C=O) groups is 1. The number of aliphatic hydroxyl groups excluding tert-OH is 1. The van der Waals surface area contributed by atoms with Crippen LogP contribution < -0.4 is 14.8 Å². The predicted octanol–water partition coefficient (Wildman–Crippen LogP) is 2.99. The smallest absolute Gasteiger partial charge is 0.269 e. The number of aliphatic hydroxyl groups is 1. The van der Waals surface area contributed by atoms with E-state index in [2.05, 4.69) is 74.2 Å². The molecule has 0 radical (unpaired) electrons. The van der Waals surface area contributed by atoms with Crippen LogP contribution in [0.2, 0.25) is 0 Å². The zero-order valence-electron chi connectivity index (χ0n) is 19.4.